The van der Waals surface area contributed by atoms with Crippen molar-refractivity contribution < 1.29 is 24.0 Å². The first-order valence-electron chi connectivity index (χ1n) is 11.1. The van der Waals surface area contributed by atoms with Crippen molar-refractivity contribution in [1.82, 2.24) is 35.0 Å². The highest BCUT2D eigenvalue weighted by Gasteiger charge is 2.39. The number of nitrogens with one attached hydrogen (secondary N) is 1. The molecule has 1 aromatic heterocycles. The summed E-state index contributed by atoms with van der Waals surface area (Å²) in [7, 11) is 1.71. The van der Waals surface area contributed by atoms with Gasteiger partial charge in [-0.25, -0.2) is 4.68 Å². The van der Waals surface area contributed by atoms with Gasteiger partial charge in [0.25, 0.3) is 11.8 Å². The third-order valence-electron chi connectivity index (χ3n) is 6.44. The number of hydrogen-bond acceptors (Lipinski definition) is 7. The van der Waals surface area contributed by atoms with E-state index in [-0.39, 0.29) is 48.8 Å². The van der Waals surface area contributed by atoms with Gasteiger partial charge in [-0.3, -0.25) is 29.3 Å². The molecular weight excluding hydrogens is 442 g/mol. The lowest BCUT2D eigenvalue weighted by Crippen LogP contribution is -2.52. The average Bonchev–Trinajstić information content (AvgIpc) is 3.38. The van der Waals surface area contributed by atoms with Gasteiger partial charge >= 0.3 is 0 Å². The Hall–Kier alpha value is -4.09. The zero-order chi connectivity index (χ0) is 24.0. The van der Waals surface area contributed by atoms with E-state index in [2.05, 4.69) is 15.6 Å². The summed E-state index contributed by atoms with van der Waals surface area (Å²) in [6.45, 7) is 1.29. The quantitative estimate of drug-likeness (QED) is 0.594. The smallest absolute Gasteiger partial charge is 0.276 e. The molecule has 4 heterocycles. The summed E-state index contributed by atoms with van der Waals surface area (Å²) in [5.41, 5.74) is 1.93. The minimum Gasteiger partial charge on any atom is -0.344 e. The summed E-state index contributed by atoms with van der Waals surface area (Å²) in [6.07, 6.45) is 2.67. The molecule has 2 aromatic rings. The SMILES string of the molecule is CN1CCCN(C(=O)c2cn(-c3ccc4c(c3)CN(C3CCC(=O)NC3=O)C4=O)nn2)CC1=O. The third kappa shape index (κ3) is 3.80. The van der Waals surface area contributed by atoms with Crippen LogP contribution in [-0.2, 0) is 20.9 Å². The topological polar surface area (TPSA) is 138 Å². The van der Waals surface area contributed by atoms with Gasteiger partial charge in [0.2, 0.25) is 17.7 Å². The number of carbonyl (C=O) groups excluding carboxylic acids is 5. The van der Waals surface area contributed by atoms with Crippen LogP contribution in [0.1, 0.15) is 45.7 Å². The average molecular weight is 465 g/mol. The maximum Gasteiger partial charge on any atom is 0.276 e. The van der Waals surface area contributed by atoms with Crippen LogP contribution in [0.25, 0.3) is 5.69 Å². The van der Waals surface area contributed by atoms with Crippen molar-refractivity contribution >= 4 is 29.5 Å². The van der Waals surface area contributed by atoms with Gasteiger partial charge in [-0.05, 0) is 36.6 Å². The molecule has 0 spiro atoms. The van der Waals surface area contributed by atoms with E-state index in [0.717, 1.165) is 5.56 Å². The second-order valence-corrected chi connectivity index (χ2v) is 8.69. The molecule has 1 unspecified atom stereocenters. The number of carbonyl (C=O) groups is 5. The van der Waals surface area contributed by atoms with Gasteiger partial charge in [-0.15, -0.1) is 5.10 Å². The van der Waals surface area contributed by atoms with Gasteiger partial charge in [0.15, 0.2) is 5.69 Å². The summed E-state index contributed by atoms with van der Waals surface area (Å²) in [5, 5.41) is 10.3. The minimum absolute atomic E-state index is 0.000669. The van der Waals surface area contributed by atoms with Gasteiger partial charge in [-0.1, -0.05) is 5.21 Å². The van der Waals surface area contributed by atoms with Crippen molar-refractivity contribution in [3.63, 3.8) is 0 Å². The lowest BCUT2D eigenvalue weighted by Gasteiger charge is -2.29. The molecule has 5 amide bonds. The number of nitrogens with zero attached hydrogens (tertiary/aromatic N) is 6. The molecule has 3 aliphatic heterocycles. The van der Waals surface area contributed by atoms with Crippen LogP contribution in [0.3, 0.4) is 0 Å². The number of fused-ring (bicyclic) bond motifs is 1. The van der Waals surface area contributed by atoms with E-state index in [0.29, 0.717) is 37.2 Å². The Morgan fingerprint density at radius 2 is 1.94 bits per heavy atom. The molecule has 2 saturated heterocycles. The zero-order valence-corrected chi connectivity index (χ0v) is 18.6. The van der Waals surface area contributed by atoms with Crippen molar-refractivity contribution in [3.8, 4) is 5.69 Å². The highest BCUT2D eigenvalue weighted by molar-refractivity contribution is 6.05. The largest absolute Gasteiger partial charge is 0.344 e. The molecule has 1 N–H and O–H groups in total. The summed E-state index contributed by atoms with van der Waals surface area (Å²) in [6, 6.07) is 4.43. The van der Waals surface area contributed by atoms with E-state index in [1.54, 1.807) is 30.1 Å². The predicted octanol–water partition coefficient (Wildman–Crippen LogP) is -0.667. The number of benzene rings is 1. The van der Waals surface area contributed by atoms with Crippen LogP contribution in [0.5, 0.6) is 0 Å². The molecule has 12 nitrogen and oxygen atoms in total. The highest BCUT2D eigenvalue weighted by Crippen LogP contribution is 2.29. The van der Waals surface area contributed by atoms with Crippen molar-refractivity contribution in [3.05, 3.63) is 41.2 Å². The first-order valence-corrected chi connectivity index (χ1v) is 11.1. The number of likely N-dealkylation sites (N-methyl/N-ethyl adjacent to an activating group) is 1. The Bertz CT molecular complexity index is 1220. The second-order valence-electron chi connectivity index (χ2n) is 8.69. The Kier molecular flexibility index (Phi) is 5.34. The van der Waals surface area contributed by atoms with Crippen molar-refractivity contribution in [2.45, 2.75) is 31.8 Å². The molecule has 0 saturated carbocycles. The fraction of sp³-hybridized carbons (Fsp3) is 0.409. The van der Waals surface area contributed by atoms with E-state index >= 15 is 0 Å². The lowest BCUT2D eigenvalue weighted by atomic mass is 10.0. The van der Waals surface area contributed by atoms with Crippen molar-refractivity contribution in [1.29, 1.82) is 0 Å². The minimum atomic E-state index is -0.688. The summed E-state index contributed by atoms with van der Waals surface area (Å²) in [5.74, 6) is -1.55. The van der Waals surface area contributed by atoms with Gasteiger partial charge in [0.1, 0.15) is 12.6 Å². The maximum absolute atomic E-state index is 12.9. The molecule has 34 heavy (non-hydrogen) atoms. The Balaban J connectivity index is 1.33. The van der Waals surface area contributed by atoms with Crippen LogP contribution < -0.4 is 5.32 Å². The van der Waals surface area contributed by atoms with E-state index in [1.165, 1.54) is 20.7 Å². The van der Waals surface area contributed by atoms with Gasteiger partial charge in [0, 0.05) is 38.7 Å². The molecule has 176 valence electrons. The normalized spacial score (nSPS) is 21.0. The van der Waals surface area contributed by atoms with Crippen LogP contribution in [0.15, 0.2) is 24.4 Å². The Morgan fingerprint density at radius 1 is 1.12 bits per heavy atom. The standard InChI is InChI=1S/C22H23N7O5/c1-26-7-2-8-27(12-19(26)31)22(34)16-11-29(25-24-16)14-3-4-15-13(9-14)10-28(21(15)33)17-5-6-18(30)23-20(17)32/h3-4,9,11,17H,2,5-8,10,12H2,1H3,(H,23,30,32). The van der Waals surface area contributed by atoms with Crippen LogP contribution >= 0.6 is 0 Å². The number of imide groups is 1. The molecule has 1 atom stereocenters. The van der Waals surface area contributed by atoms with Crippen LogP contribution in [-0.4, -0.2) is 92.0 Å². The first kappa shape index (κ1) is 21.7. The number of piperidine rings is 1. The monoisotopic (exact) mass is 465 g/mol. The number of hydrogen-bond donors (Lipinski definition) is 1. The molecule has 1 aromatic carbocycles. The van der Waals surface area contributed by atoms with E-state index in [4.69, 9.17) is 0 Å². The van der Waals surface area contributed by atoms with Crippen LogP contribution in [0.2, 0.25) is 0 Å². The Morgan fingerprint density at radius 3 is 2.74 bits per heavy atom. The highest BCUT2D eigenvalue weighted by atomic mass is 16.2. The number of rotatable bonds is 3. The van der Waals surface area contributed by atoms with Gasteiger partial charge in [0.05, 0.1) is 11.9 Å². The Labute approximate surface area is 194 Å². The van der Waals surface area contributed by atoms with Crippen LogP contribution in [0.4, 0.5) is 0 Å². The molecule has 0 aliphatic carbocycles. The maximum atomic E-state index is 12.9. The summed E-state index contributed by atoms with van der Waals surface area (Å²) < 4.78 is 1.44. The van der Waals surface area contributed by atoms with Crippen molar-refractivity contribution in [2.75, 3.05) is 26.7 Å². The lowest BCUT2D eigenvalue weighted by molar-refractivity contribution is -0.137. The molecule has 3 aliphatic rings. The van der Waals surface area contributed by atoms with E-state index in [1.807, 2.05) is 0 Å². The molecular formula is C22H23N7O5. The fourth-order valence-electron chi connectivity index (χ4n) is 4.51. The van der Waals surface area contributed by atoms with E-state index in [9.17, 15) is 24.0 Å². The molecule has 12 heteroatoms. The third-order valence-corrected chi connectivity index (χ3v) is 6.44. The number of aromatic nitrogens is 3. The molecule has 0 bridgehead atoms. The summed E-state index contributed by atoms with van der Waals surface area (Å²) in [4.78, 5) is 66.1. The number of amides is 5. The second kappa shape index (κ2) is 8.36. The van der Waals surface area contributed by atoms with E-state index < -0.39 is 11.9 Å². The summed E-state index contributed by atoms with van der Waals surface area (Å²) >= 11 is 0. The predicted molar refractivity (Wildman–Crippen MR) is 116 cm³/mol. The van der Waals surface area contributed by atoms with Crippen molar-refractivity contribution in [2.24, 2.45) is 0 Å². The van der Waals surface area contributed by atoms with Crippen LogP contribution in [0, 0.1) is 0 Å². The fourth-order valence-corrected chi connectivity index (χ4v) is 4.51. The molecule has 5 rings (SSSR count). The van der Waals surface area contributed by atoms with Gasteiger partial charge in [-0.2, -0.15) is 0 Å². The molecule has 0 radical (unpaired) electrons. The van der Waals surface area contributed by atoms with Gasteiger partial charge < -0.3 is 14.7 Å². The first-order chi connectivity index (χ1) is 16.3. The molecule has 2 fully saturated rings. The zero-order valence-electron chi connectivity index (χ0n) is 18.6.